The van der Waals surface area contributed by atoms with E-state index in [1.54, 1.807) is 57.3 Å². The van der Waals surface area contributed by atoms with Gasteiger partial charge in [0.25, 0.3) is 0 Å². The van der Waals surface area contributed by atoms with Crippen molar-refractivity contribution in [2.75, 3.05) is 20.2 Å². The minimum absolute atomic E-state index is 0.0390. The normalized spacial score (nSPS) is 24.7. The second-order valence-corrected chi connectivity index (χ2v) is 16.3. The van der Waals surface area contributed by atoms with Crippen molar-refractivity contribution in [2.24, 2.45) is 16.4 Å². The molecule has 5 atom stereocenters. The van der Waals surface area contributed by atoms with Gasteiger partial charge in [0.05, 0.1) is 29.9 Å². The molecule has 18 heteroatoms. The van der Waals surface area contributed by atoms with Crippen molar-refractivity contribution in [3.8, 4) is 5.75 Å². The lowest BCUT2D eigenvalue weighted by Gasteiger charge is -2.30. The van der Waals surface area contributed by atoms with Gasteiger partial charge >= 0.3 is 6.09 Å². The maximum absolute atomic E-state index is 14.3. The zero-order valence-corrected chi connectivity index (χ0v) is 30.5. The van der Waals surface area contributed by atoms with Gasteiger partial charge in [-0.15, -0.1) is 16.8 Å². The number of ketones is 1. The van der Waals surface area contributed by atoms with E-state index in [1.165, 1.54) is 11.0 Å². The highest BCUT2D eigenvalue weighted by Crippen LogP contribution is 2.57. The van der Waals surface area contributed by atoms with Crippen LogP contribution < -0.4 is 31.1 Å². The minimum atomic E-state index is -3.89. The number of hydrogen-bond acceptors (Lipinski definition) is 13. The first kappa shape index (κ1) is 38.3. The number of Topliss-reactive ketones (excluding diaryl/α,β-unsaturated/α-hetero) is 1. The SMILES string of the molecule is C=CC(=O)NC[C@H](NC(=O)OC(C)(C)C)C(=O)N1C[C@H](N2NN=C(c3ccc(OC)cc3)N2)C[C@H]1C(=O)C[C@]1(C(=O)NS(=O)(=O)C2CC2)C[C@H]1C=C. The summed E-state index contributed by atoms with van der Waals surface area (Å²) in [6.07, 6.45) is 2.45. The summed E-state index contributed by atoms with van der Waals surface area (Å²) in [5.74, 6) is -1.89. The van der Waals surface area contributed by atoms with E-state index in [2.05, 4.69) is 44.6 Å². The van der Waals surface area contributed by atoms with Crippen LogP contribution in [0.25, 0.3) is 0 Å². The Balaban J connectivity index is 1.39. The van der Waals surface area contributed by atoms with E-state index in [9.17, 15) is 32.4 Å². The maximum Gasteiger partial charge on any atom is 0.408 e. The number of amides is 4. The zero-order chi connectivity index (χ0) is 38.0. The quantitative estimate of drug-likeness (QED) is 0.123. The fourth-order valence-electron chi connectivity index (χ4n) is 6.30. The van der Waals surface area contributed by atoms with Crippen molar-refractivity contribution < 1.29 is 41.9 Å². The first-order valence-electron chi connectivity index (χ1n) is 17.0. The van der Waals surface area contributed by atoms with Crippen LogP contribution in [0.3, 0.4) is 0 Å². The lowest BCUT2D eigenvalue weighted by molar-refractivity contribution is -0.140. The molecule has 0 unspecified atom stereocenters. The topological polar surface area (TPSA) is 217 Å². The van der Waals surface area contributed by atoms with Crippen LogP contribution in [0.4, 0.5) is 4.79 Å². The number of likely N-dealkylation sites (tertiary alicyclic amines) is 1. The zero-order valence-electron chi connectivity index (χ0n) is 29.6. The number of hydrogen-bond donors (Lipinski definition) is 5. The van der Waals surface area contributed by atoms with Crippen LogP contribution in [0.2, 0.25) is 0 Å². The van der Waals surface area contributed by atoms with Gasteiger partial charge in [-0.25, -0.2) is 18.7 Å². The summed E-state index contributed by atoms with van der Waals surface area (Å²) in [6.45, 7) is 11.8. The van der Waals surface area contributed by atoms with E-state index in [1.807, 2.05) is 0 Å². The predicted octanol–water partition coefficient (Wildman–Crippen LogP) is 0.607. The number of alkyl carbamates (subject to hydrolysis) is 1. The van der Waals surface area contributed by atoms with Crippen molar-refractivity contribution in [1.29, 1.82) is 0 Å². The van der Waals surface area contributed by atoms with Gasteiger partial charge in [-0.3, -0.25) is 29.3 Å². The second kappa shape index (κ2) is 14.9. The first-order valence-corrected chi connectivity index (χ1v) is 18.5. The number of hydrazine groups is 2. The molecule has 2 heterocycles. The van der Waals surface area contributed by atoms with Gasteiger partial charge < -0.3 is 25.0 Å². The fourth-order valence-corrected chi connectivity index (χ4v) is 7.69. The number of benzene rings is 1. The molecule has 2 aliphatic heterocycles. The largest absolute Gasteiger partial charge is 0.497 e. The lowest BCUT2D eigenvalue weighted by atomic mass is 9.91. The standard InChI is InChI=1S/C34H46N8O9S/c1-7-21-16-34(21,31(46)39-52(48,49)24-13-14-24)17-27(43)26-15-22(42-38-29(37-40-42)20-9-11-23(50-6)12-10-20)19-41(26)30(45)25(18-35-28(44)8-2)36-32(47)51-33(3,4)5/h7-12,21-22,24-26,40H,1-2,13-19H2,3-6H3,(H,35,44)(H,36,47)(H,37,38)(H,39,46)/t21-,22-,25+,26+,34-/m1/s1. The Hall–Kier alpha value is -4.97. The lowest BCUT2D eigenvalue weighted by Crippen LogP contribution is -2.57. The second-order valence-electron chi connectivity index (χ2n) is 14.3. The van der Waals surface area contributed by atoms with Crippen molar-refractivity contribution >= 4 is 45.5 Å². The van der Waals surface area contributed by atoms with Crippen molar-refractivity contribution in [2.45, 2.75) is 81.9 Å². The highest BCUT2D eigenvalue weighted by Gasteiger charge is 2.61. The van der Waals surface area contributed by atoms with E-state index < -0.39 is 79.9 Å². The van der Waals surface area contributed by atoms with Gasteiger partial charge in [-0.1, -0.05) is 12.7 Å². The average molecular weight is 743 g/mol. The molecule has 5 rings (SSSR count). The molecule has 3 fully saturated rings. The molecular formula is C34H46N8O9S. The number of sulfonamides is 1. The molecule has 5 N–H and O–H groups in total. The third kappa shape index (κ3) is 8.72. The Morgan fingerprint density at radius 2 is 1.83 bits per heavy atom. The van der Waals surface area contributed by atoms with Crippen LogP contribution in [0.5, 0.6) is 5.75 Å². The first-order chi connectivity index (χ1) is 24.5. The number of allylic oxidation sites excluding steroid dienone is 1. The summed E-state index contributed by atoms with van der Waals surface area (Å²) >= 11 is 0. The Morgan fingerprint density at radius 3 is 2.40 bits per heavy atom. The molecule has 282 valence electrons. The molecule has 1 aromatic rings. The van der Waals surface area contributed by atoms with E-state index >= 15 is 0 Å². The summed E-state index contributed by atoms with van der Waals surface area (Å²) in [6, 6.07) is 4.11. The number of carbonyl (C=O) groups is 5. The monoisotopic (exact) mass is 742 g/mol. The van der Waals surface area contributed by atoms with E-state index in [0.29, 0.717) is 24.4 Å². The van der Waals surface area contributed by atoms with E-state index in [-0.39, 0.29) is 32.4 Å². The number of hydrazone groups is 1. The van der Waals surface area contributed by atoms with Crippen LogP contribution in [0.1, 0.15) is 58.4 Å². The highest BCUT2D eigenvalue weighted by atomic mass is 32.2. The molecule has 1 saturated heterocycles. The Morgan fingerprint density at radius 1 is 1.13 bits per heavy atom. The molecule has 0 spiro atoms. The summed E-state index contributed by atoms with van der Waals surface area (Å²) in [4.78, 5) is 68.4. The molecule has 0 bridgehead atoms. The molecule has 2 aliphatic carbocycles. The maximum atomic E-state index is 14.3. The van der Waals surface area contributed by atoms with Crippen LogP contribution in [0, 0.1) is 11.3 Å². The third-order valence-corrected chi connectivity index (χ3v) is 11.2. The van der Waals surface area contributed by atoms with Gasteiger partial charge in [0.15, 0.2) is 11.6 Å². The molecular weight excluding hydrogens is 696 g/mol. The van der Waals surface area contributed by atoms with Crippen LogP contribution in [-0.2, 0) is 33.9 Å². The van der Waals surface area contributed by atoms with E-state index in [4.69, 9.17) is 9.47 Å². The number of carbonyl (C=O) groups excluding carboxylic acids is 5. The number of nitrogens with zero attached hydrogens (tertiary/aromatic N) is 3. The third-order valence-electron chi connectivity index (χ3n) is 9.37. The van der Waals surface area contributed by atoms with Crippen molar-refractivity contribution in [1.82, 2.24) is 36.3 Å². The van der Waals surface area contributed by atoms with Gasteiger partial charge in [0, 0.05) is 25.1 Å². The molecule has 0 radical (unpaired) electrons. The predicted molar refractivity (Wildman–Crippen MR) is 188 cm³/mol. The minimum Gasteiger partial charge on any atom is -0.497 e. The Bertz CT molecular complexity index is 1760. The molecule has 2 saturated carbocycles. The molecule has 4 aliphatic rings. The number of methoxy groups -OCH3 is 1. The van der Waals surface area contributed by atoms with Crippen LogP contribution in [0.15, 0.2) is 54.7 Å². The van der Waals surface area contributed by atoms with Gasteiger partial charge in [-0.05, 0) is 82.7 Å². The fraction of sp³-hybridized carbons (Fsp3) is 0.529. The number of amidine groups is 1. The molecule has 4 amide bonds. The highest BCUT2D eigenvalue weighted by molar-refractivity contribution is 7.90. The number of ether oxygens (including phenoxy) is 2. The molecule has 17 nitrogen and oxygen atoms in total. The molecule has 52 heavy (non-hydrogen) atoms. The van der Waals surface area contributed by atoms with Gasteiger partial charge in [0.1, 0.15) is 17.4 Å². The molecule has 1 aromatic carbocycles. The van der Waals surface area contributed by atoms with Crippen molar-refractivity contribution in [3.63, 3.8) is 0 Å². The smallest absolute Gasteiger partial charge is 0.408 e. The molecule has 0 aromatic heterocycles. The Labute approximate surface area is 302 Å². The van der Waals surface area contributed by atoms with E-state index in [0.717, 1.165) is 11.6 Å². The van der Waals surface area contributed by atoms with Gasteiger partial charge in [0.2, 0.25) is 27.7 Å². The average Bonchev–Trinajstić information content (AvgIpc) is 3.97. The summed E-state index contributed by atoms with van der Waals surface area (Å²) < 4.78 is 38.1. The number of rotatable bonds is 15. The van der Waals surface area contributed by atoms with Gasteiger partial charge in [-0.2, -0.15) is 0 Å². The summed E-state index contributed by atoms with van der Waals surface area (Å²) in [5.41, 5.74) is 4.53. The van der Waals surface area contributed by atoms with Crippen LogP contribution >= 0.6 is 0 Å². The van der Waals surface area contributed by atoms with Crippen LogP contribution in [-0.4, -0.2) is 103 Å². The summed E-state index contributed by atoms with van der Waals surface area (Å²) in [5, 5.41) is 10.3. The Kier molecular flexibility index (Phi) is 11.0. The summed E-state index contributed by atoms with van der Waals surface area (Å²) in [7, 11) is -2.33. The number of nitrogens with one attached hydrogen (secondary N) is 5. The van der Waals surface area contributed by atoms with Crippen molar-refractivity contribution in [3.05, 3.63) is 55.1 Å².